The molecule has 1 heterocycles. The molecule has 3 nitrogen and oxygen atoms in total. The van der Waals surface area contributed by atoms with E-state index in [2.05, 4.69) is 30.9 Å². The number of likely N-dealkylation sites (tertiary alicyclic amines) is 1. The van der Waals surface area contributed by atoms with Crippen molar-refractivity contribution in [2.75, 3.05) is 27.3 Å². The van der Waals surface area contributed by atoms with Crippen LogP contribution in [0.15, 0.2) is 18.2 Å². The molecule has 1 aliphatic heterocycles. The average Bonchev–Trinajstić information content (AvgIpc) is 2.85. The van der Waals surface area contributed by atoms with Crippen LogP contribution >= 0.6 is 0 Å². The van der Waals surface area contributed by atoms with Crippen LogP contribution in [-0.4, -0.2) is 32.2 Å². The molecule has 1 aliphatic rings. The van der Waals surface area contributed by atoms with Crippen molar-refractivity contribution in [2.24, 2.45) is 5.92 Å². The number of methoxy groups -OCH3 is 2. The number of hydrogen-bond donors (Lipinski definition) is 0. The summed E-state index contributed by atoms with van der Waals surface area (Å²) in [4.78, 5) is 2.59. The van der Waals surface area contributed by atoms with E-state index in [1.807, 2.05) is 6.07 Å². The zero-order chi connectivity index (χ0) is 13.8. The highest BCUT2D eigenvalue weighted by Gasteiger charge is 2.26. The van der Waals surface area contributed by atoms with Crippen molar-refractivity contribution in [3.63, 3.8) is 0 Å². The molecule has 0 aliphatic carbocycles. The molecule has 0 amide bonds. The second kappa shape index (κ2) is 6.29. The highest BCUT2D eigenvalue weighted by atomic mass is 16.5. The highest BCUT2D eigenvalue weighted by Crippen LogP contribution is 2.37. The van der Waals surface area contributed by atoms with Gasteiger partial charge in [-0.15, -0.1) is 0 Å². The number of rotatable bonds is 5. The van der Waals surface area contributed by atoms with E-state index in [1.165, 1.54) is 31.5 Å². The number of nitrogens with zero attached hydrogens (tertiary/aromatic N) is 1. The van der Waals surface area contributed by atoms with Gasteiger partial charge in [0, 0.05) is 12.6 Å². The standard InChI is InChI=1S/C16H25NO2/c1-12(2)11-17-9-5-6-14(17)13-7-8-15(18-3)16(10-13)19-4/h7-8,10,12,14H,5-6,9,11H2,1-4H3. The molecule has 1 fully saturated rings. The summed E-state index contributed by atoms with van der Waals surface area (Å²) in [5, 5.41) is 0. The van der Waals surface area contributed by atoms with E-state index in [1.54, 1.807) is 14.2 Å². The van der Waals surface area contributed by atoms with Gasteiger partial charge in [-0.25, -0.2) is 0 Å². The summed E-state index contributed by atoms with van der Waals surface area (Å²) in [6.07, 6.45) is 2.52. The van der Waals surface area contributed by atoms with Crippen LogP contribution in [0.3, 0.4) is 0 Å². The zero-order valence-electron chi connectivity index (χ0n) is 12.5. The average molecular weight is 263 g/mol. The van der Waals surface area contributed by atoms with Crippen molar-refractivity contribution in [2.45, 2.75) is 32.7 Å². The van der Waals surface area contributed by atoms with Crippen LogP contribution in [0.1, 0.15) is 38.3 Å². The lowest BCUT2D eigenvalue weighted by Gasteiger charge is -2.27. The van der Waals surface area contributed by atoms with Gasteiger partial charge in [-0.05, 0) is 43.0 Å². The molecule has 2 rings (SSSR count). The van der Waals surface area contributed by atoms with Crippen molar-refractivity contribution in [3.05, 3.63) is 23.8 Å². The first-order valence-electron chi connectivity index (χ1n) is 7.11. The Morgan fingerprint density at radius 3 is 2.58 bits per heavy atom. The van der Waals surface area contributed by atoms with Crippen LogP contribution in [0, 0.1) is 5.92 Å². The molecule has 106 valence electrons. The van der Waals surface area contributed by atoms with Gasteiger partial charge in [0.1, 0.15) is 0 Å². The predicted molar refractivity (Wildman–Crippen MR) is 77.9 cm³/mol. The first-order valence-corrected chi connectivity index (χ1v) is 7.11. The van der Waals surface area contributed by atoms with Crippen LogP contribution in [0.4, 0.5) is 0 Å². The number of ether oxygens (including phenoxy) is 2. The van der Waals surface area contributed by atoms with Crippen LogP contribution in [-0.2, 0) is 0 Å². The van der Waals surface area contributed by atoms with Gasteiger partial charge in [0.05, 0.1) is 14.2 Å². The fourth-order valence-corrected chi connectivity index (χ4v) is 2.95. The van der Waals surface area contributed by atoms with E-state index in [0.717, 1.165) is 11.5 Å². The Hall–Kier alpha value is -1.22. The SMILES string of the molecule is COc1ccc(C2CCCN2CC(C)C)cc1OC. The Labute approximate surface area is 116 Å². The van der Waals surface area contributed by atoms with Crippen molar-refractivity contribution < 1.29 is 9.47 Å². The van der Waals surface area contributed by atoms with Gasteiger partial charge in [0.2, 0.25) is 0 Å². The topological polar surface area (TPSA) is 21.7 Å². The van der Waals surface area contributed by atoms with Gasteiger partial charge in [-0.2, -0.15) is 0 Å². The molecule has 0 N–H and O–H groups in total. The van der Waals surface area contributed by atoms with Crippen molar-refractivity contribution >= 4 is 0 Å². The molecule has 0 saturated carbocycles. The lowest BCUT2D eigenvalue weighted by atomic mass is 10.0. The molecule has 1 saturated heterocycles. The van der Waals surface area contributed by atoms with Crippen LogP contribution in [0.25, 0.3) is 0 Å². The molecule has 1 atom stereocenters. The maximum absolute atomic E-state index is 5.41. The summed E-state index contributed by atoms with van der Waals surface area (Å²) in [5.41, 5.74) is 1.34. The molecule has 0 radical (unpaired) electrons. The highest BCUT2D eigenvalue weighted by molar-refractivity contribution is 5.44. The van der Waals surface area contributed by atoms with Crippen molar-refractivity contribution in [1.82, 2.24) is 4.90 Å². The maximum atomic E-state index is 5.41. The third kappa shape index (κ3) is 3.21. The van der Waals surface area contributed by atoms with E-state index in [4.69, 9.17) is 9.47 Å². The Kier molecular flexibility index (Phi) is 4.70. The van der Waals surface area contributed by atoms with E-state index in [-0.39, 0.29) is 0 Å². The first kappa shape index (κ1) is 14.2. The third-order valence-corrected chi connectivity index (χ3v) is 3.76. The fourth-order valence-electron chi connectivity index (χ4n) is 2.95. The van der Waals surface area contributed by atoms with Gasteiger partial charge in [-0.3, -0.25) is 4.90 Å². The van der Waals surface area contributed by atoms with E-state index >= 15 is 0 Å². The number of benzene rings is 1. The molecular formula is C16H25NO2. The number of hydrogen-bond acceptors (Lipinski definition) is 3. The minimum atomic E-state index is 0.530. The monoisotopic (exact) mass is 263 g/mol. The minimum Gasteiger partial charge on any atom is -0.493 e. The summed E-state index contributed by atoms with van der Waals surface area (Å²) in [6.45, 7) is 6.93. The molecular weight excluding hydrogens is 238 g/mol. The molecule has 19 heavy (non-hydrogen) atoms. The Balaban J connectivity index is 2.20. The quantitative estimate of drug-likeness (QED) is 0.811. The maximum Gasteiger partial charge on any atom is 0.161 e. The Morgan fingerprint density at radius 2 is 1.95 bits per heavy atom. The van der Waals surface area contributed by atoms with Gasteiger partial charge >= 0.3 is 0 Å². The fraction of sp³-hybridized carbons (Fsp3) is 0.625. The third-order valence-electron chi connectivity index (χ3n) is 3.76. The molecule has 0 aromatic heterocycles. The first-order chi connectivity index (χ1) is 9.15. The molecule has 3 heteroatoms. The molecule has 1 aromatic rings. The van der Waals surface area contributed by atoms with Crippen LogP contribution in [0.2, 0.25) is 0 Å². The lowest BCUT2D eigenvalue weighted by Crippen LogP contribution is -2.27. The summed E-state index contributed by atoms with van der Waals surface area (Å²) >= 11 is 0. The molecule has 1 unspecified atom stereocenters. The summed E-state index contributed by atoms with van der Waals surface area (Å²) < 4.78 is 10.7. The summed E-state index contributed by atoms with van der Waals surface area (Å²) in [6, 6.07) is 6.84. The minimum absolute atomic E-state index is 0.530. The second-order valence-corrected chi connectivity index (χ2v) is 5.66. The largest absolute Gasteiger partial charge is 0.493 e. The van der Waals surface area contributed by atoms with E-state index in [9.17, 15) is 0 Å². The van der Waals surface area contributed by atoms with Crippen LogP contribution in [0.5, 0.6) is 11.5 Å². The zero-order valence-corrected chi connectivity index (χ0v) is 12.5. The van der Waals surface area contributed by atoms with Crippen LogP contribution < -0.4 is 9.47 Å². The van der Waals surface area contributed by atoms with Crippen molar-refractivity contribution in [1.29, 1.82) is 0 Å². The van der Waals surface area contributed by atoms with Crippen molar-refractivity contribution in [3.8, 4) is 11.5 Å². The van der Waals surface area contributed by atoms with Gasteiger partial charge < -0.3 is 9.47 Å². The van der Waals surface area contributed by atoms with Gasteiger partial charge in [-0.1, -0.05) is 19.9 Å². The summed E-state index contributed by atoms with van der Waals surface area (Å²) in [5.74, 6) is 2.34. The smallest absolute Gasteiger partial charge is 0.161 e. The Morgan fingerprint density at radius 1 is 1.21 bits per heavy atom. The van der Waals surface area contributed by atoms with E-state index < -0.39 is 0 Å². The summed E-state index contributed by atoms with van der Waals surface area (Å²) in [7, 11) is 3.38. The second-order valence-electron chi connectivity index (χ2n) is 5.66. The van der Waals surface area contributed by atoms with Gasteiger partial charge in [0.15, 0.2) is 11.5 Å². The Bertz CT molecular complexity index is 417. The normalized spacial score (nSPS) is 19.9. The van der Waals surface area contributed by atoms with Gasteiger partial charge in [0.25, 0.3) is 0 Å². The molecule has 0 spiro atoms. The lowest BCUT2D eigenvalue weighted by molar-refractivity contribution is 0.228. The predicted octanol–water partition coefficient (Wildman–Crippen LogP) is 3.50. The molecule has 1 aromatic carbocycles. The van der Waals surface area contributed by atoms with E-state index in [0.29, 0.717) is 12.0 Å². The molecule has 0 bridgehead atoms.